The third-order valence-electron chi connectivity index (χ3n) is 2.44. The van der Waals surface area contributed by atoms with Crippen LogP contribution in [0.4, 0.5) is 5.69 Å². The molecule has 0 bridgehead atoms. The van der Waals surface area contributed by atoms with E-state index in [2.05, 4.69) is 5.32 Å². The van der Waals surface area contributed by atoms with E-state index in [1.807, 2.05) is 0 Å². The number of benzene rings is 1. The highest BCUT2D eigenvalue weighted by Gasteiger charge is 2.37. The standard InChI is InChI=1S/C11H8ClNO3/c1-5(14)9-10(15)7-3-2-6(12)4-8(7)13-11(9)16/h2-4,9H,1H3,(H,13,16). The van der Waals surface area contributed by atoms with E-state index in [0.29, 0.717) is 16.3 Å². The lowest BCUT2D eigenvalue weighted by Crippen LogP contribution is -2.39. The van der Waals surface area contributed by atoms with Crippen LogP contribution in [0, 0.1) is 5.92 Å². The topological polar surface area (TPSA) is 63.2 Å². The molecule has 5 heteroatoms. The summed E-state index contributed by atoms with van der Waals surface area (Å²) in [6.45, 7) is 1.23. The molecule has 1 aromatic rings. The van der Waals surface area contributed by atoms with Gasteiger partial charge in [-0.1, -0.05) is 11.6 Å². The zero-order valence-electron chi connectivity index (χ0n) is 8.41. The fourth-order valence-corrected chi connectivity index (χ4v) is 1.86. The van der Waals surface area contributed by atoms with Crippen molar-refractivity contribution < 1.29 is 14.4 Å². The van der Waals surface area contributed by atoms with Gasteiger partial charge in [0.15, 0.2) is 11.7 Å². The van der Waals surface area contributed by atoms with Crippen molar-refractivity contribution >= 4 is 34.8 Å². The number of rotatable bonds is 1. The van der Waals surface area contributed by atoms with Crippen molar-refractivity contribution in [1.29, 1.82) is 0 Å². The third-order valence-corrected chi connectivity index (χ3v) is 2.67. The molecule has 1 unspecified atom stereocenters. The number of hydrogen-bond acceptors (Lipinski definition) is 3. The highest BCUT2D eigenvalue weighted by Crippen LogP contribution is 2.28. The van der Waals surface area contributed by atoms with Gasteiger partial charge in [-0.25, -0.2) is 0 Å². The molecule has 4 nitrogen and oxygen atoms in total. The summed E-state index contributed by atoms with van der Waals surface area (Å²) in [6, 6.07) is 4.55. The summed E-state index contributed by atoms with van der Waals surface area (Å²) in [7, 11) is 0. The second-order valence-electron chi connectivity index (χ2n) is 3.59. The number of anilines is 1. The molecule has 0 aromatic heterocycles. The molecule has 0 fully saturated rings. The molecule has 0 spiro atoms. The van der Waals surface area contributed by atoms with Crippen molar-refractivity contribution in [3.8, 4) is 0 Å². The second-order valence-corrected chi connectivity index (χ2v) is 4.02. The number of halogens is 1. The fraction of sp³-hybridized carbons (Fsp3) is 0.182. The van der Waals surface area contributed by atoms with E-state index in [9.17, 15) is 14.4 Å². The monoisotopic (exact) mass is 237 g/mol. The second kappa shape index (κ2) is 3.72. The first-order valence-corrected chi connectivity index (χ1v) is 5.03. The average molecular weight is 238 g/mol. The Bertz CT molecular complexity index is 510. The normalized spacial score (nSPS) is 19.0. The zero-order chi connectivity index (χ0) is 11.9. The summed E-state index contributed by atoms with van der Waals surface area (Å²) in [5, 5.41) is 2.92. The molecule has 0 aliphatic carbocycles. The Balaban J connectivity index is 2.53. The number of amides is 1. The van der Waals surface area contributed by atoms with Gasteiger partial charge >= 0.3 is 0 Å². The molecule has 1 amide bonds. The summed E-state index contributed by atoms with van der Waals surface area (Å²) in [6.07, 6.45) is 0. The summed E-state index contributed by atoms with van der Waals surface area (Å²) in [5.74, 6) is -2.74. The minimum absolute atomic E-state index is 0.323. The SMILES string of the molecule is CC(=O)C1C(=O)Nc2cc(Cl)ccc2C1=O. The Morgan fingerprint density at radius 3 is 2.69 bits per heavy atom. The van der Waals surface area contributed by atoms with Gasteiger partial charge in [-0.2, -0.15) is 0 Å². The van der Waals surface area contributed by atoms with Gasteiger partial charge in [-0.3, -0.25) is 14.4 Å². The van der Waals surface area contributed by atoms with Crippen LogP contribution in [-0.4, -0.2) is 17.5 Å². The Hall–Kier alpha value is -1.68. The summed E-state index contributed by atoms with van der Waals surface area (Å²) >= 11 is 5.74. The van der Waals surface area contributed by atoms with E-state index in [1.165, 1.54) is 19.1 Å². The van der Waals surface area contributed by atoms with Gasteiger partial charge < -0.3 is 5.32 Å². The molecule has 1 N–H and O–H groups in total. The van der Waals surface area contributed by atoms with Gasteiger partial charge in [0.1, 0.15) is 5.78 Å². The van der Waals surface area contributed by atoms with Crippen LogP contribution < -0.4 is 5.32 Å². The van der Waals surface area contributed by atoms with Gasteiger partial charge in [-0.15, -0.1) is 0 Å². The maximum Gasteiger partial charge on any atom is 0.242 e. The molecular weight excluding hydrogens is 230 g/mol. The maximum absolute atomic E-state index is 11.9. The maximum atomic E-state index is 11.9. The van der Waals surface area contributed by atoms with Crippen LogP contribution in [0.1, 0.15) is 17.3 Å². The smallest absolute Gasteiger partial charge is 0.242 e. The lowest BCUT2D eigenvalue weighted by atomic mass is 9.89. The quantitative estimate of drug-likeness (QED) is 0.756. The van der Waals surface area contributed by atoms with Crippen LogP contribution in [-0.2, 0) is 9.59 Å². The number of Topliss-reactive ketones (excluding diaryl/α,β-unsaturated/α-hetero) is 2. The van der Waals surface area contributed by atoms with Gasteiger partial charge in [0.2, 0.25) is 5.91 Å². The van der Waals surface area contributed by atoms with Crippen molar-refractivity contribution in [3.63, 3.8) is 0 Å². The van der Waals surface area contributed by atoms with Crippen LogP contribution in [0.3, 0.4) is 0 Å². The molecule has 2 rings (SSSR count). The largest absolute Gasteiger partial charge is 0.324 e. The molecule has 1 aliphatic rings. The first kappa shape index (κ1) is 10.8. The van der Waals surface area contributed by atoms with Crippen LogP contribution in [0.25, 0.3) is 0 Å². The lowest BCUT2D eigenvalue weighted by molar-refractivity contribution is -0.127. The van der Waals surface area contributed by atoms with Crippen molar-refractivity contribution in [2.45, 2.75) is 6.92 Å². The van der Waals surface area contributed by atoms with E-state index in [-0.39, 0.29) is 0 Å². The predicted octanol–water partition coefficient (Wildman–Crippen LogP) is 1.68. The zero-order valence-corrected chi connectivity index (χ0v) is 9.17. The summed E-state index contributed by atoms with van der Waals surface area (Å²) in [4.78, 5) is 34.6. The number of fused-ring (bicyclic) bond motifs is 1. The average Bonchev–Trinajstić information content (AvgIpc) is 2.15. The lowest BCUT2D eigenvalue weighted by Gasteiger charge is -2.21. The Morgan fingerprint density at radius 2 is 2.06 bits per heavy atom. The summed E-state index contributed by atoms with van der Waals surface area (Å²) in [5.41, 5.74) is 0.684. The van der Waals surface area contributed by atoms with Gasteiger partial charge in [0.25, 0.3) is 0 Å². The molecule has 1 heterocycles. The van der Waals surface area contributed by atoms with E-state index >= 15 is 0 Å². The first-order valence-electron chi connectivity index (χ1n) is 4.66. The minimum Gasteiger partial charge on any atom is -0.324 e. The Labute approximate surface area is 96.6 Å². The summed E-state index contributed by atoms with van der Waals surface area (Å²) < 4.78 is 0. The number of hydrogen-bond donors (Lipinski definition) is 1. The molecular formula is C11H8ClNO3. The number of nitrogens with one attached hydrogen (secondary N) is 1. The predicted molar refractivity (Wildman–Crippen MR) is 58.6 cm³/mol. The minimum atomic E-state index is -1.23. The molecule has 0 saturated heterocycles. The highest BCUT2D eigenvalue weighted by atomic mass is 35.5. The van der Waals surface area contributed by atoms with Crippen LogP contribution in [0.2, 0.25) is 5.02 Å². The fourth-order valence-electron chi connectivity index (χ4n) is 1.68. The molecule has 16 heavy (non-hydrogen) atoms. The molecule has 82 valence electrons. The van der Waals surface area contributed by atoms with Crippen LogP contribution in [0.5, 0.6) is 0 Å². The van der Waals surface area contributed by atoms with Gasteiger partial charge in [0, 0.05) is 10.6 Å². The van der Waals surface area contributed by atoms with E-state index in [0.717, 1.165) is 0 Å². The Morgan fingerprint density at radius 1 is 1.38 bits per heavy atom. The first-order chi connectivity index (χ1) is 7.50. The van der Waals surface area contributed by atoms with Crippen molar-refractivity contribution in [2.75, 3.05) is 5.32 Å². The van der Waals surface area contributed by atoms with Crippen molar-refractivity contribution in [2.24, 2.45) is 5.92 Å². The molecule has 0 radical (unpaired) electrons. The van der Waals surface area contributed by atoms with Crippen LogP contribution in [0.15, 0.2) is 18.2 Å². The molecule has 1 atom stereocenters. The Kier molecular flexibility index (Phi) is 2.52. The molecule has 0 saturated carbocycles. The number of carbonyl (C=O) groups is 3. The molecule has 1 aliphatic heterocycles. The van der Waals surface area contributed by atoms with E-state index in [1.54, 1.807) is 6.07 Å². The van der Waals surface area contributed by atoms with Crippen LogP contribution >= 0.6 is 11.6 Å². The van der Waals surface area contributed by atoms with E-state index < -0.39 is 23.4 Å². The van der Waals surface area contributed by atoms with Gasteiger partial charge in [-0.05, 0) is 25.1 Å². The number of carbonyl (C=O) groups excluding carboxylic acids is 3. The highest BCUT2D eigenvalue weighted by molar-refractivity contribution is 6.33. The molecule has 1 aromatic carbocycles. The third kappa shape index (κ3) is 1.61. The number of ketones is 2. The van der Waals surface area contributed by atoms with Crippen molar-refractivity contribution in [1.82, 2.24) is 0 Å². The van der Waals surface area contributed by atoms with Gasteiger partial charge in [0.05, 0.1) is 5.69 Å². The van der Waals surface area contributed by atoms with Crippen molar-refractivity contribution in [3.05, 3.63) is 28.8 Å². The van der Waals surface area contributed by atoms with E-state index in [4.69, 9.17) is 11.6 Å².